The second-order valence-electron chi connectivity index (χ2n) is 5.45. The Labute approximate surface area is 116 Å². The van der Waals surface area contributed by atoms with Crippen molar-refractivity contribution in [3.05, 3.63) is 29.1 Å². The molecule has 0 atom stereocenters. The van der Waals surface area contributed by atoms with Gasteiger partial charge in [0.2, 0.25) is 5.91 Å². The molecule has 1 fully saturated rings. The summed E-state index contributed by atoms with van der Waals surface area (Å²) < 4.78 is 0. The molecule has 1 saturated carbocycles. The lowest BCUT2D eigenvalue weighted by Gasteiger charge is -2.22. The van der Waals surface area contributed by atoms with Crippen LogP contribution < -0.4 is 5.32 Å². The summed E-state index contributed by atoms with van der Waals surface area (Å²) in [6, 6.07) is 4.05. The molecule has 1 aliphatic rings. The third kappa shape index (κ3) is 2.19. The minimum Gasteiger partial charge on any atom is -0.349 e. The van der Waals surface area contributed by atoms with Gasteiger partial charge in [-0.2, -0.15) is 0 Å². The van der Waals surface area contributed by atoms with Gasteiger partial charge >= 0.3 is 0 Å². The van der Waals surface area contributed by atoms with Gasteiger partial charge in [0.05, 0.1) is 23.5 Å². The number of aryl methyl sites for hydroxylation is 2. The Morgan fingerprint density at radius 2 is 2.15 bits per heavy atom. The van der Waals surface area contributed by atoms with Crippen LogP contribution >= 0.6 is 0 Å². The maximum absolute atomic E-state index is 11.8. The molecule has 1 aromatic heterocycles. The molecule has 0 unspecified atom stereocenters. The van der Waals surface area contributed by atoms with E-state index in [0.717, 1.165) is 22.4 Å². The van der Waals surface area contributed by atoms with Crippen molar-refractivity contribution in [1.82, 2.24) is 15.3 Å². The molecule has 0 aliphatic heterocycles. The number of rotatable bonds is 3. The fourth-order valence-electron chi connectivity index (χ4n) is 2.44. The van der Waals surface area contributed by atoms with Gasteiger partial charge in [-0.15, -0.1) is 0 Å². The Morgan fingerprint density at radius 1 is 1.40 bits per heavy atom. The average molecular weight is 271 g/mol. The maximum Gasteiger partial charge on any atom is 0.224 e. The number of Topliss-reactive ketones (excluding diaryl/α,β-unsaturated/α-hetero) is 1. The van der Waals surface area contributed by atoms with Gasteiger partial charge in [0.15, 0.2) is 0 Å². The van der Waals surface area contributed by atoms with Gasteiger partial charge in [0, 0.05) is 12.8 Å². The van der Waals surface area contributed by atoms with Crippen LogP contribution in [-0.2, 0) is 16.1 Å². The summed E-state index contributed by atoms with van der Waals surface area (Å²) in [5, 5.41) is 2.83. The van der Waals surface area contributed by atoms with Crippen molar-refractivity contribution in [3.8, 4) is 0 Å². The molecule has 5 nitrogen and oxygen atoms in total. The Bertz CT molecular complexity index is 694. The first-order valence-corrected chi connectivity index (χ1v) is 6.79. The molecule has 1 aliphatic carbocycles. The number of imidazole rings is 1. The molecule has 0 spiro atoms. The predicted octanol–water partition coefficient (Wildman–Crippen LogP) is 1.78. The Balaban J connectivity index is 1.70. The van der Waals surface area contributed by atoms with E-state index < -0.39 is 0 Å². The zero-order valence-corrected chi connectivity index (χ0v) is 11.6. The monoisotopic (exact) mass is 271 g/mol. The van der Waals surface area contributed by atoms with Gasteiger partial charge in [0.25, 0.3) is 0 Å². The van der Waals surface area contributed by atoms with Crippen LogP contribution in [0.2, 0.25) is 0 Å². The molecule has 0 saturated heterocycles. The van der Waals surface area contributed by atoms with E-state index >= 15 is 0 Å². The summed E-state index contributed by atoms with van der Waals surface area (Å²) in [6.07, 6.45) is 0.758. The molecule has 2 N–H and O–H groups in total. The van der Waals surface area contributed by atoms with E-state index in [9.17, 15) is 9.59 Å². The lowest BCUT2D eigenvalue weighted by molar-refractivity contribution is -0.138. The lowest BCUT2D eigenvalue weighted by Crippen LogP contribution is -2.38. The molecule has 1 heterocycles. The molecule has 2 aromatic rings. The average Bonchev–Trinajstić information content (AvgIpc) is 2.81. The number of H-pyrrole nitrogens is 1. The smallest absolute Gasteiger partial charge is 0.224 e. The van der Waals surface area contributed by atoms with Crippen molar-refractivity contribution in [2.75, 3.05) is 0 Å². The third-order valence-corrected chi connectivity index (χ3v) is 3.98. The molecule has 1 amide bonds. The van der Waals surface area contributed by atoms with Crippen molar-refractivity contribution in [2.24, 2.45) is 5.92 Å². The fraction of sp³-hybridized carbons (Fsp3) is 0.400. The van der Waals surface area contributed by atoms with Gasteiger partial charge in [-0.05, 0) is 31.0 Å². The van der Waals surface area contributed by atoms with Crippen LogP contribution in [0.25, 0.3) is 11.0 Å². The number of amides is 1. The normalized spacial score (nSPS) is 15.4. The fourth-order valence-corrected chi connectivity index (χ4v) is 2.44. The van der Waals surface area contributed by atoms with Gasteiger partial charge < -0.3 is 10.3 Å². The van der Waals surface area contributed by atoms with E-state index in [0.29, 0.717) is 19.4 Å². The molecule has 5 heteroatoms. The maximum atomic E-state index is 11.8. The van der Waals surface area contributed by atoms with E-state index in [2.05, 4.69) is 28.3 Å². The number of fused-ring (bicyclic) bond motifs is 1. The van der Waals surface area contributed by atoms with E-state index in [4.69, 9.17) is 0 Å². The molecule has 104 valence electrons. The van der Waals surface area contributed by atoms with Crippen molar-refractivity contribution in [2.45, 2.75) is 33.2 Å². The summed E-state index contributed by atoms with van der Waals surface area (Å²) in [6.45, 7) is 4.47. The zero-order chi connectivity index (χ0) is 14.3. The van der Waals surface area contributed by atoms with Gasteiger partial charge in [-0.25, -0.2) is 4.98 Å². The summed E-state index contributed by atoms with van der Waals surface area (Å²) >= 11 is 0. The number of nitrogens with one attached hydrogen (secondary N) is 2. The number of hydrogen-bond acceptors (Lipinski definition) is 3. The topological polar surface area (TPSA) is 74.8 Å². The van der Waals surface area contributed by atoms with Crippen LogP contribution in [0.3, 0.4) is 0 Å². The Hall–Kier alpha value is -2.17. The Kier molecular flexibility index (Phi) is 3.04. The summed E-state index contributed by atoms with van der Waals surface area (Å²) in [7, 11) is 0. The number of benzene rings is 1. The SMILES string of the molecule is Cc1ccc2[nH]c(CNC(=O)C3CC(=O)C3)nc2c1C. The van der Waals surface area contributed by atoms with Crippen LogP contribution in [-0.4, -0.2) is 21.7 Å². The second-order valence-corrected chi connectivity index (χ2v) is 5.45. The van der Waals surface area contributed by atoms with Crippen LogP contribution in [0.15, 0.2) is 12.1 Å². The quantitative estimate of drug-likeness (QED) is 0.893. The first kappa shape index (κ1) is 12.8. The Morgan fingerprint density at radius 3 is 2.85 bits per heavy atom. The van der Waals surface area contributed by atoms with Crippen molar-refractivity contribution < 1.29 is 9.59 Å². The van der Waals surface area contributed by atoms with Gasteiger partial charge in [-0.3, -0.25) is 9.59 Å². The zero-order valence-electron chi connectivity index (χ0n) is 11.6. The highest BCUT2D eigenvalue weighted by Gasteiger charge is 2.32. The standard InChI is InChI=1S/C15H17N3O2/c1-8-3-4-12-14(9(8)2)18-13(17-12)7-16-15(20)10-5-11(19)6-10/h3-4,10H,5-7H2,1-2H3,(H,16,20)(H,17,18). The van der Waals surface area contributed by atoms with Crippen molar-refractivity contribution >= 4 is 22.7 Å². The lowest BCUT2D eigenvalue weighted by atomic mass is 9.83. The van der Waals surface area contributed by atoms with Gasteiger partial charge in [0.1, 0.15) is 11.6 Å². The van der Waals surface area contributed by atoms with Crippen molar-refractivity contribution in [1.29, 1.82) is 0 Å². The molecular weight excluding hydrogens is 254 g/mol. The number of carbonyl (C=O) groups excluding carboxylic acids is 2. The van der Waals surface area contributed by atoms with E-state index in [1.807, 2.05) is 13.0 Å². The summed E-state index contributed by atoms with van der Waals surface area (Å²) in [5.74, 6) is 0.710. The van der Waals surface area contributed by atoms with E-state index in [1.54, 1.807) is 0 Å². The third-order valence-electron chi connectivity index (χ3n) is 3.98. The molecule has 1 aromatic carbocycles. The van der Waals surface area contributed by atoms with Crippen molar-refractivity contribution in [3.63, 3.8) is 0 Å². The van der Waals surface area contributed by atoms with Crippen LogP contribution in [0, 0.1) is 19.8 Å². The van der Waals surface area contributed by atoms with E-state index in [-0.39, 0.29) is 17.6 Å². The molecule has 0 radical (unpaired) electrons. The van der Waals surface area contributed by atoms with Crippen LogP contribution in [0.5, 0.6) is 0 Å². The molecule has 3 rings (SSSR count). The highest BCUT2D eigenvalue weighted by Crippen LogP contribution is 2.23. The number of ketones is 1. The minimum absolute atomic E-state index is 0.0574. The number of hydrogen-bond donors (Lipinski definition) is 2. The van der Waals surface area contributed by atoms with E-state index in [1.165, 1.54) is 5.56 Å². The number of aromatic nitrogens is 2. The first-order valence-electron chi connectivity index (χ1n) is 6.79. The minimum atomic E-state index is -0.143. The number of aromatic amines is 1. The number of carbonyl (C=O) groups is 2. The highest BCUT2D eigenvalue weighted by atomic mass is 16.2. The molecular formula is C15H17N3O2. The van der Waals surface area contributed by atoms with Gasteiger partial charge in [-0.1, -0.05) is 6.07 Å². The summed E-state index contributed by atoms with van der Waals surface area (Å²) in [4.78, 5) is 30.4. The molecule has 0 bridgehead atoms. The predicted molar refractivity (Wildman–Crippen MR) is 75.1 cm³/mol. The van der Waals surface area contributed by atoms with Crippen LogP contribution in [0.1, 0.15) is 29.8 Å². The number of nitrogens with zero attached hydrogens (tertiary/aromatic N) is 1. The highest BCUT2D eigenvalue weighted by molar-refractivity contribution is 5.96. The first-order chi connectivity index (χ1) is 9.54. The largest absolute Gasteiger partial charge is 0.349 e. The van der Waals surface area contributed by atoms with Crippen LogP contribution in [0.4, 0.5) is 0 Å². The summed E-state index contributed by atoms with van der Waals surface area (Å²) in [5.41, 5.74) is 4.29. The molecule has 20 heavy (non-hydrogen) atoms. The second kappa shape index (κ2) is 4.74.